The van der Waals surface area contributed by atoms with Gasteiger partial charge in [0.15, 0.2) is 0 Å². The molecule has 1 heterocycles. The summed E-state index contributed by atoms with van der Waals surface area (Å²) in [5.74, 6) is -0.0117. The third-order valence-corrected chi connectivity index (χ3v) is 2.34. The molecule has 0 fully saturated rings. The third kappa shape index (κ3) is 4.40. The normalized spacial score (nSPS) is 10.6. The van der Waals surface area contributed by atoms with Gasteiger partial charge in [-0.25, -0.2) is 0 Å². The predicted octanol–water partition coefficient (Wildman–Crippen LogP) is 1.23. The first kappa shape index (κ1) is 13.4. The van der Waals surface area contributed by atoms with Crippen LogP contribution in [0.15, 0.2) is 18.3 Å². The van der Waals surface area contributed by atoms with Crippen molar-refractivity contribution in [2.75, 3.05) is 25.1 Å². The average molecular weight is 236 g/mol. The lowest BCUT2D eigenvalue weighted by Gasteiger charge is -2.19. The van der Waals surface area contributed by atoms with Crippen LogP contribution in [0.1, 0.15) is 19.5 Å². The molecule has 0 aromatic carbocycles. The molecule has 0 amide bonds. The minimum Gasteiger partial charge on any atom is -0.382 e. The molecule has 0 spiro atoms. The van der Waals surface area contributed by atoms with E-state index in [9.17, 15) is 0 Å². The molecule has 5 nitrogen and oxygen atoms in total. The van der Waals surface area contributed by atoms with Crippen molar-refractivity contribution in [2.24, 2.45) is 5.73 Å². The van der Waals surface area contributed by atoms with E-state index in [0.717, 1.165) is 12.2 Å². The number of nitrogens with two attached hydrogens (primary N) is 1. The number of pyridine rings is 1. The largest absolute Gasteiger partial charge is 0.382 e. The molecule has 0 radical (unpaired) electrons. The Balaban J connectivity index is 2.51. The Kier molecular flexibility index (Phi) is 4.90. The van der Waals surface area contributed by atoms with Crippen LogP contribution >= 0.6 is 0 Å². The summed E-state index contributed by atoms with van der Waals surface area (Å²) in [6, 6.07) is 3.65. The highest BCUT2D eigenvalue weighted by Crippen LogP contribution is 2.10. The van der Waals surface area contributed by atoms with E-state index in [1.54, 1.807) is 12.3 Å². The van der Waals surface area contributed by atoms with Gasteiger partial charge in [0.1, 0.15) is 11.5 Å². The fourth-order valence-corrected chi connectivity index (χ4v) is 1.33. The van der Waals surface area contributed by atoms with Crippen LogP contribution in [0.2, 0.25) is 0 Å². The van der Waals surface area contributed by atoms with Crippen LogP contribution in [-0.2, 0) is 4.74 Å². The van der Waals surface area contributed by atoms with Gasteiger partial charge in [-0.05, 0) is 26.0 Å². The number of hydrogen-bond donors (Lipinski definition) is 2. The molecule has 0 aliphatic heterocycles. The van der Waals surface area contributed by atoms with Crippen LogP contribution in [0.3, 0.4) is 0 Å². The number of anilines is 1. The Morgan fingerprint density at radius 3 is 2.71 bits per heavy atom. The van der Waals surface area contributed by atoms with Gasteiger partial charge in [-0.1, -0.05) is 0 Å². The maximum absolute atomic E-state index is 7.25. The van der Waals surface area contributed by atoms with Gasteiger partial charge in [-0.2, -0.15) is 0 Å². The summed E-state index contributed by atoms with van der Waals surface area (Å²) >= 11 is 0. The van der Waals surface area contributed by atoms with Crippen molar-refractivity contribution in [1.29, 1.82) is 5.41 Å². The van der Waals surface area contributed by atoms with E-state index in [1.807, 2.05) is 27.0 Å². The van der Waals surface area contributed by atoms with Crippen molar-refractivity contribution in [3.8, 4) is 0 Å². The molecular formula is C12H20N4O. The highest BCUT2D eigenvalue weighted by atomic mass is 16.5. The second-order valence-electron chi connectivity index (χ2n) is 4.16. The first-order valence-electron chi connectivity index (χ1n) is 5.64. The number of nitrogens with one attached hydrogen (secondary N) is 1. The number of ether oxygens (including phenoxy) is 1. The lowest BCUT2D eigenvalue weighted by Crippen LogP contribution is -2.24. The number of amidine groups is 1. The fraction of sp³-hybridized carbons (Fsp3) is 0.500. The van der Waals surface area contributed by atoms with E-state index in [4.69, 9.17) is 15.9 Å². The molecule has 0 aliphatic carbocycles. The molecule has 1 rings (SSSR count). The van der Waals surface area contributed by atoms with Gasteiger partial charge in [0.25, 0.3) is 0 Å². The number of hydrogen-bond acceptors (Lipinski definition) is 4. The van der Waals surface area contributed by atoms with Crippen molar-refractivity contribution in [3.63, 3.8) is 0 Å². The monoisotopic (exact) mass is 236 g/mol. The third-order valence-electron chi connectivity index (χ3n) is 2.34. The maximum atomic E-state index is 7.25. The van der Waals surface area contributed by atoms with Crippen LogP contribution in [0, 0.1) is 5.41 Å². The smallest absolute Gasteiger partial charge is 0.141 e. The van der Waals surface area contributed by atoms with Crippen molar-refractivity contribution in [3.05, 3.63) is 24.0 Å². The Labute approximate surface area is 102 Å². The Morgan fingerprint density at radius 2 is 2.24 bits per heavy atom. The van der Waals surface area contributed by atoms with Gasteiger partial charge < -0.3 is 15.4 Å². The van der Waals surface area contributed by atoms with E-state index in [2.05, 4.69) is 9.88 Å². The molecule has 1 aromatic heterocycles. The first-order valence-corrected chi connectivity index (χ1v) is 5.64. The van der Waals surface area contributed by atoms with Crippen LogP contribution in [0.4, 0.5) is 5.69 Å². The van der Waals surface area contributed by atoms with Gasteiger partial charge in [0.05, 0.1) is 24.6 Å². The number of nitrogen functional groups attached to an aromatic ring is 1. The first-order chi connectivity index (χ1) is 8.00. The topological polar surface area (TPSA) is 75.2 Å². The van der Waals surface area contributed by atoms with E-state index in [-0.39, 0.29) is 11.9 Å². The van der Waals surface area contributed by atoms with Gasteiger partial charge in [0, 0.05) is 13.6 Å². The second kappa shape index (κ2) is 6.20. The van der Waals surface area contributed by atoms with Crippen LogP contribution in [0.5, 0.6) is 0 Å². The quantitative estimate of drug-likeness (QED) is 0.575. The van der Waals surface area contributed by atoms with Gasteiger partial charge in [0.2, 0.25) is 0 Å². The summed E-state index contributed by atoms with van der Waals surface area (Å²) < 4.78 is 5.48. The molecule has 0 bridgehead atoms. The average Bonchev–Trinajstić information content (AvgIpc) is 2.28. The van der Waals surface area contributed by atoms with Crippen molar-refractivity contribution in [1.82, 2.24) is 4.98 Å². The highest BCUT2D eigenvalue weighted by molar-refractivity contribution is 5.93. The molecule has 3 N–H and O–H groups in total. The second-order valence-corrected chi connectivity index (χ2v) is 4.16. The molecule has 0 saturated heterocycles. The summed E-state index contributed by atoms with van der Waals surface area (Å²) in [5.41, 5.74) is 6.83. The summed E-state index contributed by atoms with van der Waals surface area (Å²) in [6.45, 7) is 5.52. The Bertz CT molecular complexity index is 361. The molecule has 0 unspecified atom stereocenters. The molecule has 94 valence electrons. The highest BCUT2D eigenvalue weighted by Gasteiger charge is 2.03. The van der Waals surface area contributed by atoms with Crippen LogP contribution < -0.4 is 10.6 Å². The SMILES string of the molecule is CC(C)OCCN(C)c1ccc(C(=N)N)nc1. The summed E-state index contributed by atoms with van der Waals surface area (Å²) in [5, 5.41) is 7.25. The summed E-state index contributed by atoms with van der Waals surface area (Å²) in [4.78, 5) is 6.17. The van der Waals surface area contributed by atoms with Crippen molar-refractivity contribution >= 4 is 11.5 Å². The lowest BCUT2D eigenvalue weighted by molar-refractivity contribution is 0.0846. The molecule has 0 aliphatic rings. The zero-order chi connectivity index (χ0) is 12.8. The molecule has 5 heteroatoms. The zero-order valence-electron chi connectivity index (χ0n) is 10.6. The lowest BCUT2D eigenvalue weighted by atomic mass is 10.3. The number of likely N-dealkylation sites (N-methyl/N-ethyl adjacent to an activating group) is 1. The van der Waals surface area contributed by atoms with E-state index in [0.29, 0.717) is 12.3 Å². The summed E-state index contributed by atoms with van der Waals surface area (Å²) in [7, 11) is 1.98. The number of aromatic nitrogens is 1. The Morgan fingerprint density at radius 1 is 1.53 bits per heavy atom. The van der Waals surface area contributed by atoms with Gasteiger partial charge >= 0.3 is 0 Å². The molecular weight excluding hydrogens is 216 g/mol. The van der Waals surface area contributed by atoms with Crippen LogP contribution in [-0.4, -0.2) is 37.1 Å². The number of rotatable bonds is 6. The van der Waals surface area contributed by atoms with E-state index < -0.39 is 0 Å². The van der Waals surface area contributed by atoms with Crippen molar-refractivity contribution < 1.29 is 4.74 Å². The standard InChI is InChI=1S/C12H20N4O/c1-9(2)17-7-6-16(3)10-4-5-11(12(13)14)15-8-10/h4-5,8-9H,6-7H2,1-3H3,(H3,13,14). The summed E-state index contributed by atoms with van der Waals surface area (Å²) in [6.07, 6.45) is 1.97. The van der Waals surface area contributed by atoms with Crippen molar-refractivity contribution in [2.45, 2.75) is 20.0 Å². The predicted molar refractivity (Wildman–Crippen MR) is 69.6 cm³/mol. The maximum Gasteiger partial charge on any atom is 0.141 e. The zero-order valence-corrected chi connectivity index (χ0v) is 10.6. The van der Waals surface area contributed by atoms with Gasteiger partial charge in [-0.15, -0.1) is 0 Å². The van der Waals surface area contributed by atoms with Crippen LogP contribution in [0.25, 0.3) is 0 Å². The number of nitrogens with zero attached hydrogens (tertiary/aromatic N) is 2. The minimum atomic E-state index is -0.0117. The Hall–Kier alpha value is -1.62. The van der Waals surface area contributed by atoms with E-state index in [1.165, 1.54) is 0 Å². The van der Waals surface area contributed by atoms with E-state index >= 15 is 0 Å². The molecule has 0 atom stereocenters. The van der Waals surface area contributed by atoms with Gasteiger partial charge in [-0.3, -0.25) is 10.4 Å². The minimum absolute atomic E-state index is 0.0117. The molecule has 0 saturated carbocycles. The molecule has 1 aromatic rings. The fourth-order valence-electron chi connectivity index (χ4n) is 1.33. The molecule has 17 heavy (non-hydrogen) atoms.